The minimum Gasteiger partial charge on any atom is -0.0809 e. The monoisotopic (exact) mass is 213 g/mol. The Morgan fingerprint density at radius 2 is 1.88 bits per heavy atom. The summed E-state index contributed by atoms with van der Waals surface area (Å²) in [5, 5.41) is 0. The second-order valence-electron chi connectivity index (χ2n) is 4.56. The summed E-state index contributed by atoms with van der Waals surface area (Å²) in [6.45, 7) is 8.65. The Bertz CT molecular complexity index is 393. The fourth-order valence-electron chi connectivity index (χ4n) is 2.07. The van der Waals surface area contributed by atoms with Crippen LogP contribution in [-0.4, -0.2) is 0 Å². The molecule has 0 N–H and O–H groups in total. The molecule has 0 nitrogen and oxygen atoms in total. The van der Waals surface area contributed by atoms with E-state index in [1.54, 1.807) is 0 Å². The molecule has 1 rings (SSSR count). The predicted octanol–water partition coefficient (Wildman–Crippen LogP) is 4.48. The van der Waals surface area contributed by atoms with E-state index in [0.717, 1.165) is 6.42 Å². The SMILES string of the molecule is [C]#CC(CCCC)c1ccc(C)c(C)c1C. The zero-order valence-electron chi connectivity index (χ0n) is 10.9. The highest BCUT2D eigenvalue weighted by Gasteiger charge is 2.12. The Balaban J connectivity index is 3.03. The lowest BCUT2D eigenvalue weighted by Gasteiger charge is -2.16. The van der Waals surface area contributed by atoms with Gasteiger partial charge in [0.25, 0.3) is 0 Å². The van der Waals surface area contributed by atoms with Gasteiger partial charge in [-0.25, -0.2) is 0 Å². The second kappa shape index (κ2) is 5.75. The van der Waals surface area contributed by atoms with Crippen molar-refractivity contribution in [2.24, 2.45) is 0 Å². The molecule has 0 spiro atoms. The summed E-state index contributed by atoms with van der Waals surface area (Å²) in [6.07, 6.45) is 10.8. The molecule has 16 heavy (non-hydrogen) atoms. The van der Waals surface area contributed by atoms with Crippen LogP contribution in [0.1, 0.15) is 54.4 Å². The predicted molar refractivity (Wildman–Crippen MR) is 70.1 cm³/mol. The molecule has 0 fully saturated rings. The summed E-state index contributed by atoms with van der Waals surface area (Å²) >= 11 is 0. The second-order valence-corrected chi connectivity index (χ2v) is 4.56. The van der Waals surface area contributed by atoms with Gasteiger partial charge >= 0.3 is 0 Å². The Labute approximate surface area is 100 Å². The fraction of sp³-hybridized carbons (Fsp3) is 0.500. The molecule has 0 heterocycles. The summed E-state index contributed by atoms with van der Waals surface area (Å²) < 4.78 is 0. The minimum absolute atomic E-state index is 0.180. The van der Waals surface area contributed by atoms with Crippen LogP contribution in [0.25, 0.3) is 0 Å². The highest BCUT2D eigenvalue weighted by atomic mass is 14.2. The van der Waals surface area contributed by atoms with Crippen LogP contribution in [0.2, 0.25) is 0 Å². The number of benzene rings is 1. The maximum absolute atomic E-state index is 7.45. The normalized spacial score (nSPS) is 12.2. The topological polar surface area (TPSA) is 0 Å². The Hall–Kier alpha value is -1.22. The molecule has 0 saturated heterocycles. The average molecular weight is 213 g/mol. The number of hydrogen-bond acceptors (Lipinski definition) is 0. The van der Waals surface area contributed by atoms with Crippen molar-refractivity contribution in [3.05, 3.63) is 40.8 Å². The standard InChI is InChI=1S/C16H21/c1-6-8-9-15(7-2)16-11-10-12(3)13(4)14(16)5/h10-11,15H,6,8-9H2,1,3-5H3. The number of rotatable bonds is 4. The first-order valence-corrected chi connectivity index (χ1v) is 6.10. The molecule has 0 aliphatic carbocycles. The van der Waals surface area contributed by atoms with E-state index < -0.39 is 0 Å². The Morgan fingerprint density at radius 1 is 1.19 bits per heavy atom. The van der Waals surface area contributed by atoms with Crippen LogP contribution in [-0.2, 0) is 0 Å². The summed E-state index contributed by atoms with van der Waals surface area (Å²) in [5.74, 6) is 2.87. The van der Waals surface area contributed by atoms with E-state index in [2.05, 4.69) is 45.7 Å². The number of hydrogen-bond donors (Lipinski definition) is 0. The maximum Gasteiger partial charge on any atom is 0.0465 e. The van der Waals surface area contributed by atoms with Crippen LogP contribution in [0.5, 0.6) is 0 Å². The van der Waals surface area contributed by atoms with Gasteiger partial charge < -0.3 is 0 Å². The van der Waals surface area contributed by atoms with Crippen LogP contribution in [0.4, 0.5) is 0 Å². The third-order valence-electron chi connectivity index (χ3n) is 3.50. The molecule has 0 bridgehead atoms. The molecule has 0 aliphatic rings. The van der Waals surface area contributed by atoms with Crippen molar-refractivity contribution >= 4 is 0 Å². The van der Waals surface area contributed by atoms with E-state index >= 15 is 0 Å². The van der Waals surface area contributed by atoms with Crippen molar-refractivity contribution in [3.8, 4) is 5.92 Å². The molecule has 0 aromatic heterocycles. The average Bonchev–Trinajstić information content (AvgIpc) is 2.29. The third kappa shape index (κ3) is 2.67. The number of aryl methyl sites for hydroxylation is 1. The lowest BCUT2D eigenvalue weighted by Crippen LogP contribution is -2.01. The van der Waals surface area contributed by atoms with Crippen molar-refractivity contribution in [3.63, 3.8) is 0 Å². The first-order valence-electron chi connectivity index (χ1n) is 6.10. The van der Waals surface area contributed by atoms with Gasteiger partial charge in [0, 0.05) is 5.92 Å². The fourth-order valence-corrected chi connectivity index (χ4v) is 2.07. The molecule has 0 aliphatic heterocycles. The lowest BCUT2D eigenvalue weighted by atomic mass is 9.88. The van der Waals surface area contributed by atoms with E-state index in [9.17, 15) is 0 Å². The van der Waals surface area contributed by atoms with Gasteiger partial charge in [-0.05, 0) is 55.9 Å². The molecule has 1 aromatic carbocycles. The van der Waals surface area contributed by atoms with Gasteiger partial charge in [-0.1, -0.05) is 37.8 Å². The van der Waals surface area contributed by atoms with Crippen molar-refractivity contribution in [2.75, 3.05) is 0 Å². The Morgan fingerprint density at radius 3 is 2.44 bits per heavy atom. The van der Waals surface area contributed by atoms with Crippen LogP contribution in [0.3, 0.4) is 0 Å². The zero-order chi connectivity index (χ0) is 12.1. The van der Waals surface area contributed by atoms with E-state index in [1.807, 2.05) is 0 Å². The number of unbranched alkanes of at least 4 members (excludes halogenated alkanes) is 1. The van der Waals surface area contributed by atoms with Crippen LogP contribution in [0.15, 0.2) is 12.1 Å². The molecular formula is C16H21. The van der Waals surface area contributed by atoms with Gasteiger partial charge in [-0.3, -0.25) is 0 Å². The van der Waals surface area contributed by atoms with Crippen LogP contribution in [0, 0.1) is 33.1 Å². The zero-order valence-corrected chi connectivity index (χ0v) is 10.9. The van der Waals surface area contributed by atoms with Crippen molar-refractivity contribution in [1.29, 1.82) is 0 Å². The molecule has 85 valence electrons. The first-order chi connectivity index (χ1) is 7.61. The Kier molecular flexibility index (Phi) is 4.62. The minimum atomic E-state index is 0.180. The van der Waals surface area contributed by atoms with E-state index in [-0.39, 0.29) is 5.92 Å². The van der Waals surface area contributed by atoms with E-state index in [1.165, 1.54) is 35.1 Å². The summed E-state index contributed by atoms with van der Waals surface area (Å²) in [4.78, 5) is 0. The smallest absolute Gasteiger partial charge is 0.0465 e. The van der Waals surface area contributed by atoms with E-state index in [4.69, 9.17) is 6.42 Å². The summed E-state index contributed by atoms with van der Waals surface area (Å²) in [5.41, 5.74) is 5.31. The third-order valence-corrected chi connectivity index (χ3v) is 3.50. The first kappa shape index (κ1) is 12.8. The van der Waals surface area contributed by atoms with Gasteiger partial charge in [0.1, 0.15) is 0 Å². The summed E-state index contributed by atoms with van der Waals surface area (Å²) in [6, 6.07) is 4.33. The van der Waals surface area contributed by atoms with E-state index in [0.29, 0.717) is 0 Å². The molecule has 1 atom stereocenters. The maximum atomic E-state index is 7.45. The van der Waals surface area contributed by atoms with Crippen LogP contribution < -0.4 is 0 Å². The van der Waals surface area contributed by atoms with Crippen molar-refractivity contribution < 1.29 is 0 Å². The van der Waals surface area contributed by atoms with Gasteiger partial charge in [0.15, 0.2) is 0 Å². The summed E-state index contributed by atoms with van der Waals surface area (Å²) in [7, 11) is 0. The van der Waals surface area contributed by atoms with Gasteiger partial charge in [-0.2, -0.15) is 0 Å². The van der Waals surface area contributed by atoms with Gasteiger partial charge in [0.05, 0.1) is 0 Å². The lowest BCUT2D eigenvalue weighted by molar-refractivity contribution is 0.672. The highest BCUT2D eigenvalue weighted by Crippen LogP contribution is 2.27. The molecule has 1 unspecified atom stereocenters. The molecule has 1 radical (unpaired) electrons. The van der Waals surface area contributed by atoms with Crippen molar-refractivity contribution in [1.82, 2.24) is 0 Å². The molecule has 1 aromatic rings. The molecular weight excluding hydrogens is 192 g/mol. The van der Waals surface area contributed by atoms with Gasteiger partial charge in [0.2, 0.25) is 0 Å². The quantitative estimate of drug-likeness (QED) is 0.647. The van der Waals surface area contributed by atoms with Crippen molar-refractivity contribution in [2.45, 2.75) is 52.9 Å². The highest BCUT2D eigenvalue weighted by molar-refractivity contribution is 5.42. The molecule has 0 saturated carbocycles. The van der Waals surface area contributed by atoms with Gasteiger partial charge in [-0.15, -0.1) is 0 Å². The largest absolute Gasteiger partial charge is 0.0809 e. The molecule has 0 heteroatoms. The van der Waals surface area contributed by atoms with Crippen LogP contribution >= 0.6 is 0 Å². The molecule has 0 amide bonds.